The molecule has 1 aliphatic carbocycles. The zero-order chi connectivity index (χ0) is 21.8. The summed E-state index contributed by atoms with van der Waals surface area (Å²) < 4.78 is 37.0. The lowest BCUT2D eigenvalue weighted by Crippen LogP contribution is -2.17. The predicted octanol–water partition coefficient (Wildman–Crippen LogP) is 2.53. The molecular formula is C19H21N7O2. The molecule has 2 fully saturated rings. The molecule has 1 saturated carbocycles. The average Bonchev–Trinajstić information content (AvgIpc) is 3.12. The summed E-state index contributed by atoms with van der Waals surface area (Å²) in [6, 6.07) is 4.00. The highest BCUT2D eigenvalue weighted by Crippen LogP contribution is 2.34. The molecule has 5 rings (SSSR count). The van der Waals surface area contributed by atoms with Crippen LogP contribution in [-0.4, -0.2) is 43.6 Å². The highest BCUT2D eigenvalue weighted by molar-refractivity contribution is 5.79. The molecule has 0 spiro atoms. The maximum atomic E-state index is 9.62. The van der Waals surface area contributed by atoms with E-state index in [-0.39, 0.29) is 29.9 Å². The largest absolute Gasteiger partial charge is 0.472 e. The monoisotopic (exact) mass is 382 g/mol. The second kappa shape index (κ2) is 6.49. The van der Waals surface area contributed by atoms with Gasteiger partial charge in [-0.2, -0.15) is 10.2 Å². The van der Waals surface area contributed by atoms with Gasteiger partial charge < -0.3 is 19.4 Å². The van der Waals surface area contributed by atoms with Crippen molar-refractivity contribution in [3.05, 3.63) is 24.2 Å². The highest BCUT2D eigenvalue weighted by atomic mass is 16.5. The van der Waals surface area contributed by atoms with E-state index in [1.165, 1.54) is 6.20 Å². The van der Waals surface area contributed by atoms with Crippen molar-refractivity contribution in [2.24, 2.45) is 12.9 Å². The van der Waals surface area contributed by atoms with Crippen LogP contribution in [0.4, 0.5) is 11.6 Å². The Labute approximate surface area is 166 Å². The third-order valence-corrected chi connectivity index (χ3v) is 5.08. The molecule has 1 aliphatic heterocycles. The van der Waals surface area contributed by atoms with Crippen LogP contribution in [0, 0.1) is 17.2 Å². The molecule has 144 valence electrons. The van der Waals surface area contributed by atoms with Gasteiger partial charge in [0.25, 0.3) is 5.88 Å². The summed E-state index contributed by atoms with van der Waals surface area (Å²) in [5.41, 5.74) is 1.49. The molecule has 0 radical (unpaired) electrons. The van der Waals surface area contributed by atoms with Gasteiger partial charge in [0.2, 0.25) is 5.95 Å². The number of hydrogen-bond acceptors (Lipinski definition) is 7. The summed E-state index contributed by atoms with van der Waals surface area (Å²) in [6.45, 7) is 0.788. The Kier molecular flexibility index (Phi) is 3.24. The maximum Gasteiger partial charge on any atom is 0.257 e. The summed E-state index contributed by atoms with van der Waals surface area (Å²) in [5, 5.41) is 17.5. The molecule has 0 aromatic carbocycles. The minimum Gasteiger partial charge on any atom is -0.472 e. The van der Waals surface area contributed by atoms with Crippen molar-refractivity contribution in [3.63, 3.8) is 0 Å². The number of anilines is 2. The number of aryl methyl sites for hydroxylation is 1. The standard InChI is InChI=1S/C19H21N7O2/c1-11-9-27-10-16(11)26-13(6-20)5-12-7-21-19(23-17(12)26)22-15-8-25(2)24-18(15)28-14-3-4-14/h5,7-8,11,14,16H,3-4,9-10H2,1-2H3,(H,21,22,23)/t11-,16-/m0/s1/i2D3. The van der Waals surface area contributed by atoms with Crippen LogP contribution in [0.3, 0.4) is 0 Å². The number of aromatic nitrogens is 5. The lowest BCUT2D eigenvalue weighted by molar-refractivity contribution is 0.182. The Morgan fingerprint density at radius 2 is 2.32 bits per heavy atom. The minimum absolute atomic E-state index is 0.00183. The van der Waals surface area contributed by atoms with Gasteiger partial charge in [-0.05, 0) is 18.9 Å². The fourth-order valence-corrected chi connectivity index (χ4v) is 3.46. The summed E-state index contributed by atoms with van der Waals surface area (Å²) >= 11 is 0. The van der Waals surface area contributed by atoms with Crippen LogP contribution in [0.5, 0.6) is 5.88 Å². The zero-order valence-electron chi connectivity index (χ0n) is 18.3. The Morgan fingerprint density at radius 1 is 1.43 bits per heavy atom. The first kappa shape index (κ1) is 14.0. The predicted molar refractivity (Wildman–Crippen MR) is 101 cm³/mol. The number of nitrogens with one attached hydrogen (secondary N) is 1. The molecule has 1 N–H and O–H groups in total. The SMILES string of the molecule is [2H]C([2H])([2H])n1cc(Nc2ncc3cc(C#N)n([C@H]4COC[C@@H]4C)c3n2)c(OC2CC2)n1. The average molecular weight is 382 g/mol. The van der Waals surface area contributed by atoms with Gasteiger partial charge >= 0.3 is 0 Å². The van der Waals surface area contributed by atoms with E-state index in [4.69, 9.17) is 13.6 Å². The second-order valence-electron chi connectivity index (χ2n) is 7.30. The quantitative estimate of drug-likeness (QED) is 0.723. The van der Waals surface area contributed by atoms with Crippen molar-refractivity contribution in [3.8, 4) is 11.9 Å². The topological polar surface area (TPSA) is 103 Å². The van der Waals surface area contributed by atoms with Crippen LogP contribution in [0.25, 0.3) is 11.0 Å². The van der Waals surface area contributed by atoms with E-state index in [0.29, 0.717) is 30.2 Å². The molecule has 9 nitrogen and oxygen atoms in total. The fourth-order valence-electron chi connectivity index (χ4n) is 3.46. The first-order valence-corrected chi connectivity index (χ1v) is 9.23. The molecule has 4 heterocycles. The molecule has 1 saturated heterocycles. The van der Waals surface area contributed by atoms with Gasteiger partial charge in [-0.25, -0.2) is 4.98 Å². The van der Waals surface area contributed by atoms with Crippen molar-refractivity contribution >= 4 is 22.7 Å². The minimum atomic E-state index is -2.43. The first-order valence-electron chi connectivity index (χ1n) is 10.7. The second-order valence-corrected chi connectivity index (χ2v) is 7.30. The van der Waals surface area contributed by atoms with Gasteiger partial charge in [-0.3, -0.25) is 4.68 Å². The van der Waals surface area contributed by atoms with Gasteiger partial charge in [-0.1, -0.05) is 6.92 Å². The molecule has 3 aromatic heterocycles. The summed E-state index contributed by atoms with van der Waals surface area (Å²) in [5.74, 6) is 0.701. The number of ether oxygens (including phenoxy) is 2. The Bertz CT molecular complexity index is 1180. The Morgan fingerprint density at radius 3 is 3.04 bits per heavy atom. The lowest BCUT2D eigenvalue weighted by atomic mass is 10.1. The van der Waals surface area contributed by atoms with Gasteiger partial charge in [0.15, 0.2) is 0 Å². The zero-order valence-corrected chi connectivity index (χ0v) is 15.3. The van der Waals surface area contributed by atoms with E-state index in [0.717, 1.165) is 22.9 Å². The Balaban J connectivity index is 1.53. The number of nitrogens with zero attached hydrogens (tertiary/aromatic N) is 6. The van der Waals surface area contributed by atoms with Gasteiger partial charge in [0.05, 0.1) is 25.5 Å². The van der Waals surface area contributed by atoms with Crippen LogP contribution >= 0.6 is 0 Å². The van der Waals surface area contributed by atoms with E-state index >= 15 is 0 Å². The third-order valence-electron chi connectivity index (χ3n) is 5.08. The van der Waals surface area contributed by atoms with Crippen LogP contribution in [0.2, 0.25) is 0 Å². The van der Waals surface area contributed by atoms with E-state index in [1.807, 2.05) is 4.57 Å². The van der Waals surface area contributed by atoms with Crippen LogP contribution in [0.1, 0.15) is 35.6 Å². The highest BCUT2D eigenvalue weighted by Gasteiger charge is 2.30. The van der Waals surface area contributed by atoms with Crippen molar-refractivity contribution < 1.29 is 13.6 Å². The maximum absolute atomic E-state index is 9.62. The number of rotatable bonds is 5. The number of hydrogen-bond donors (Lipinski definition) is 1. The van der Waals surface area contributed by atoms with E-state index in [9.17, 15) is 5.26 Å². The molecule has 2 atom stereocenters. The normalized spacial score (nSPS) is 23.8. The molecule has 28 heavy (non-hydrogen) atoms. The smallest absolute Gasteiger partial charge is 0.257 e. The van der Waals surface area contributed by atoms with Gasteiger partial charge in [0.1, 0.15) is 29.2 Å². The molecule has 2 aliphatic rings. The van der Waals surface area contributed by atoms with Crippen molar-refractivity contribution in [2.75, 3.05) is 18.5 Å². The fraction of sp³-hybridized carbons (Fsp3) is 0.474. The lowest BCUT2D eigenvalue weighted by Gasteiger charge is -2.17. The molecule has 0 bridgehead atoms. The Hall–Kier alpha value is -3.12. The molecular weight excluding hydrogens is 358 g/mol. The van der Waals surface area contributed by atoms with Crippen molar-refractivity contribution in [2.45, 2.75) is 31.9 Å². The summed E-state index contributed by atoms with van der Waals surface area (Å²) in [7, 11) is 0. The van der Waals surface area contributed by atoms with E-state index < -0.39 is 6.98 Å². The molecule has 0 amide bonds. The van der Waals surface area contributed by atoms with Gasteiger partial charge in [0, 0.05) is 28.6 Å². The van der Waals surface area contributed by atoms with Crippen LogP contribution < -0.4 is 10.1 Å². The molecule has 3 aromatic rings. The van der Waals surface area contributed by atoms with E-state index in [1.54, 1.807) is 12.3 Å². The molecule has 9 heteroatoms. The van der Waals surface area contributed by atoms with Crippen LogP contribution in [-0.2, 0) is 11.7 Å². The number of nitriles is 1. The summed E-state index contributed by atoms with van der Waals surface area (Å²) in [4.78, 5) is 8.96. The van der Waals surface area contributed by atoms with Gasteiger partial charge in [-0.15, -0.1) is 5.10 Å². The van der Waals surface area contributed by atoms with Crippen molar-refractivity contribution in [1.82, 2.24) is 24.3 Å². The van der Waals surface area contributed by atoms with E-state index in [2.05, 4.69) is 33.4 Å². The van der Waals surface area contributed by atoms with Crippen molar-refractivity contribution in [1.29, 1.82) is 5.26 Å². The molecule has 0 unspecified atom stereocenters. The third kappa shape index (κ3) is 2.96. The summed E-state index contributed by atoms with van der Waals surface area (Å²) in [6.07, 6.45) is 4.87. The number of fused-ring (bicyclic) bond motifs is 1. The first-order chi connectivity index (χ1) is 14.8. The van der Waals surface area contributed by atoms with Crippen LogP contribution in [0.15, 0.2) is 18.5 Å².